The van der Waals surface area contributed by atoms with Gasteiger partial charge in [-0.05, 0) is 198 Å². The maximum Gasteiger partial charge on any atom is 0.397 e. The minimum atomic E-state index is -5.21. The summed E-state index contributed by atoms with van der Waals surface area (Å²) in [6.07, 6.45) is 0.429. The Balaban J connectivity index is 0.892. The monoisotopic (exact) mass is 1290 g/mol. The van der Waals surface area contributed by atoms with Crippen molar-refractivity contribution in [2.45, 2.75) is 239 Å². The topological polar surface area (TPSA) is 357 Å². The molecular weight excluding hydrogens is 1200 g/mol. The molecule has 4 saturated carbocycles. The van der Waals surface area contributed by atoms with Crippen molar-refractivity contribution in [2.75, 3.05) is 0 Å². The first-order valence-corrected chi connectivity index (χ1v) is 36.9. The molecule has 482 valence electrons. The molecule has 28 heteroatoms. The summed E-state index contributed by atoms with van der Waals surface area (Å²) in [5.41, 5.74) is 0.443. The van der Waals surface area contributed by atoms with E-state index in [1.54, 1.807) is 6.92 Å². The SMILES string of the molecule is C[C@H]([C@H]1C[C@H]2CC(C)(OC2(C)C)[C@H](CC[C@@H](C)[C@H]2CC[C@H]3C4=C(CC[C@]23C)[C@@]2(C)C[C@H](OS(=O)(=O)O)[C@H](OS(=O)(=O)O)[C@H](C)[C@@H]2[C@@H](OS(=O)(=O)O)C4)O1)[C@@H]1CC[C@H]2C3=C(CC[C@@]21C)[C@@]1(C)C[C@H](OS(=O)(=O)O)[C@H](O)[C@H](C)[C@@H]1[C@@H](OS(=O)(=O)O)C3. The molecule has 8 aliphatic carbocycles. The van der Waals surface area contributed by atoms with E-state index < -0.39 is 134 Å². The minimum Gasteiger partial charge on any atom is -0.390 e. The predicted molar refractivity (Wildman–Crippen MR) is 302 cm³/mol. The maximum atomic E-state index is 12.6. The van der Waals surface area contributed by atoms with Crippen molar-refractivity contribution < 1.29 is 100 Å². The van der Waals surface area contributed by atoms with Crippen LogP contribution < -0.4 is 0 Å². The van der Waals surface area contributed by atoms with Gasteiger partial charge in [0.25, 0.3) is 0 Å². The second kappa shape index (κ2) is 21.7. The summed E-state index contributed by atoms with van der Waals surface area (Å²) in [6, 6.07) is 0. The third-order valence-electron chi connectivity index (χ3n) is 24.6. The van der Waals surface area contributed by atoms with Gasteiger partial charge in [0.15, 0.2) is 0 Å². The van der Waals surface area contributed by atoms with Crippen LogP contribution in [0.2, 0.25) is 0 Å². The molecule has 23 nitrogen and oxygen atoms in total. The highest BCUT2D eigenvalue weighted by atomic mass is 32.3. The van der Waals surface area contributed by atoms with Crippen molar-refractivity contribution in [1.29, 1.82) is 0 Å². The van der Waals surface area contributed by atoms with Crippen LogP contribution in [0.4, 0.5) is 0 Å². The van der Waals surface area contributed by atoms with Crippen LogP contribution >= 0.6 is 0 Å². The molecule has 0 radical (unpaired) electrons. The Hall–Kier alpha value is -1.29. The van der Waals surface area contributed by atoms with Crippen molar-refractivity contribution in [3.8, 4) is 0 Å². The van der Waals surface area contributed by atoms with Gasteiger partial charge in [-0.15, -0.1) is 0 Å². The summed E-state index contributed by atoms with van der Waals surface area (Å²) >= 11 is 0. The second-order valence-corrected chi connectivity index (χ2v) is 34.6. The van der Waals surface area contributed by atoms with E-state index in [0.29, 0.717) is 19.3 Å². The molecule has 6 fully saturated rings. The number of ether oxygens (including phenoxy) is 2. The molecular formula is C56H90O23S5. The van der Waals surface area contributed by atoms with E-state index in [4.69, 9.17) is 30.4 Å². The number of allylic oxidation sites excluding steroid dienone is 2. The predicted octanol–water partition coefficient (Wildman–Crippen LogP) is 8.45. The Morgan fingerprint density at radius 1 is 0.571 bits per heavy atom. The highest BCUT2D eigenvalue weighted by molar-refractivity contribution is 7.81. The van der Waals surface area contributed by atoms with Gasteiger partial charge in [0, 0.05) is 11.8 Å². The van der Waals surface area contributed by atoms with E-state index in [-0.39, 0.29) is 90.1 Å². The summed E-state index contributed by atoms with van der Waals surface area (Å²) in [7, 11) is -25.4. The fourth-order valence-corrected chi connectivity index (χ4v) is 24.1. The third kappa shape index (κ3) is 11.9. The largest absolute Gasteiger partial charge is 0.397 e. The van der Waals surface area contributed by atoms with Crippen LogP contribution in [0.25, 0.3) is 0 Å². The van der Waals surface area contributed by atoms with Crippen LogP contribution in [0.1, 0.15) is 179 Å². The van der Waals surface area contributed by atoms with Gasteiger partial charge >= 0.3 is 52.0 Å². The van der Waals surface area contributed by atoms with Crippen LogP contribution in [-0.2, 0) is 82.4 Å². The number of fused-ring (bicyclic) bond motifs is 10. The van der Waals surface area contributed by atoms with Gasteiger partial charge in [0.1, 0.15) is 18.3 Å². The van der Waals surface area contributed by atoms with Gasteiger partial charge in [-0.2, -0.15) is 42.1 Å². The smallest absolute Gasteiger partial charge is 0.390 e. The minimum absolute atomic E-state index is 0.00250. The molecule has 2 aliphatic heterocycles. The summed E-state index contributed by atoms with van der Waals surface area (Å²) in [5.74, 6) is -2.48. The molecule has 2 saturated heterocycles. The fourth-order valence-electron chi connectivity index (χ4n) is 21.6. The Bertz CT molecular complexity index is 3240. The van der Waals surface area contributed by atoms with Crippen LogP contribution in [0.3, 0.4) is 0 Å². The summed E-state index contributed by atoms with van der Waals surface area (Å²) in [5, 5.41) is 11.4. The molecule has 0 spiro atoms. The van der Waals surface area contributed by atoms with Crippen LogP contribution in [-0.4, -0.2) is 130 Å². The quantitative estimate of drug-likeness (QED) is 0.0623. The van der Waals surface area contributed by atoms with Gasteiger partial charge in [-0.3, -0.25) is 22.8 Å². The van der Waals surface area contributed by atoms with E-state index in [0.717, 1.165) is 80.1 Å². The van der Waals surface area contributed by atoms with Gasteiger partial charge in [-0.25, -0.2) is 20.9 Å². The van der Waals surface area contributed by atoms with Crippen molar-refractivity contribution in [2.24, 2.45) is 86.8 Å². The molecule has 10 rings (SSSR count). The Morgan fingerprint density at radius 2 is 1.01 bits per heavy atom. The molecule has 1 unspecified atom stereocenters. The second-order valence-electron chi connectivity index (χ2n) is 29.4. The lowest BCUT2D eigenvalue weighted by Gasteiger charge is -2.59. The van der Waals surface area contributed by atoms with Gasteiger partial charge in [0.2, 0.25) is 0 Å². The first-order chi connectivity index (χ1) is 38.3. The Kier molecular flexibility index (Phi) is 16.9. The molecule has 0 amide bonds. The van der Waals surface area contributed by atoms with E-state index in [2.05, 4.69) is 48.5 Å². The molecule has 0 aromatic rings. The normalized spacial score (nSPS) is 46.7. The zero-order chi connectivity index (χ0) is 62.0. The highest BCUT2D eigenvalue weighted by Crippen LogP contribution is 2.70. The fraction of sp³-hybridized carbons (Fsp3) is 0.929. The first kappa shape index (κ1) is 65.7. The third-order valence-corrected chi connectivity index (χ3v) is 27.0. The Labute approximate surface area is 497 Å². The first-order valence-electron chi connectivity index (χ1n) is 30.1. The number of rotatable bonds is 16. The van der Waals surface area contributed by atoms with Gasteiger partial charge in [-0.1, -0.05) is 77.7 Å². The summed E-state index contributed by atoms with van der Waals surface area (Å²) in [4.78, 5) is 0. The lowest BCUT2D eigenvalue weighted by Crippen LogP contribution is -2.60. The Morgan fingerprint density at radius 3 is 1.51 bits per heavy atom. The highest BCUT2D eigenvalue weighted by Gasteiger charge is 2.66. The van der Waals surface area contributed by atoms with E-state index in [9.17, 15) is 70.0 Å². The number of aliphatic hydroxyl groups is 1. The summed E-state index contributed by atoms with van der Waals surface area (Å²) in [6.45, 7) is 22.6. The van der Waals surface area contributed by atoms with E-state index in [1.807, 2.05) is 13.8 Å². The zero-order valence-corrected chi connectivity index (χ0v) is 54.0. The molecule has 6 N–H and O–H groups in total. The summed E-state index contributed by atoms with van der Waals surface area (Å²) < 4.78 is 214. The molecule has 24 atom stereocenters. The van der Waals surface area contributed by atoms with Gasteiger partial charge in [0.05, 0.1) is 41.7 Å². The van der Waals surface area contributed by atoms with Crippen molar-refractivity contribution >= 4 is 52.0 Å². The lowest BCUT2D eigenvalue weighted by molar-refractivity contribution is -0.200. The average molecular weight is 1290 g/mol. The molecule has 0 aromatic carbocycles. The maximum absolute atomic E-state index is 12.6. The number of hydrogen-bond donors (Lipinski definition) is 6. The van der Waals surface area contributed by atoms with Crippen molar-refractivity contribution in [3.05, 3.63) is 22.3 Å². The van der Waals surface area contributed by atoms with Crippen molar-refractivity contribution in [1.82, 2.24) is 0 Å². The molecule has 10 aliphatic rings. The zero-order valence-electron chi connectivity index (χ0n) is 49.9. The number of hydrogen-bond acceptors (Lipinski definition) is 18. The molecule has 2 bridgehead atoms. The molecule has 84 heavy (non-hydrogen) atoms. The molecule has 0 aromatic heterocycles. The van der Waals surface area contributed by atoms with Crippen LogP contribution in [0.15, 0.2) is 22.3 Å². The van der Waals surface area contributed by atoms with Crippen molar-refractivity contribution in [3.63, 3.8) is 0 Å². The lowest BCUT2D eigenvalue weighted by atomic mass is 9.47. The average Bonchev–Trinajstić information content (AvgIpc) is 1.06. The van der Waals surface area contributed by atoms with Crippen LogP contribution in [0, 0.1) is 86.8 Å². The standard InChI is InChI=1S/C56H90O23S5/c1-28(35-13-15-37-33-24-43(75-81(61,62)63)48-31(4)50(78-84(70,71)72)45(77-83(67,68)69)27-55(48,10)40(33)18-20-52(35,37)7)12-17-46-56(11)25-32(51(5,6)79-56)22-41(73-46)29(2)36-14-16-38-34-23-42(74-80(58,59)60)47-30(3)49(57)44(76-82(64,65)66)26-54(47,9)39(34)19-21-53(36,38)8/h28-32,35-38,41-50,57H,12-27H2,1-11H3,(H,58,59,60)(H,61,62,63)(H,64,65,66)(H,67,68,69)(H,70,71,72)/t28-,29+,30-,31-,32+,35-,36+,37+,38+,41-,42+,43+,44+,45+,46+,47-,48-,49-,50-,52-,53-,54-,55-,56?/m1/s1. The van der Waals surface area contributed by atoms with E-state index in [1.165, 1.54) is 6.92 Å². The molecule has 2 heterocycles. The van der Waals surface area contributed by atoms with Crippen LogP contribution in [0.5, 0.6) is 0 Å². The van der Waals surface area contributed by atoms with E-state index >= 15 is 0 Å². The number of aliphatic hydroxyl groups excluding tert-OH is 1. The van der Waals surface area contributed by atoms with Gasteiger partial charge < -0.3 is 14.6 Å².